The molecule has 0 aliphatic heterocycles. The fraction of sp³-hybridized carbons (Fsp3) is 0.273. The third-order valence-electron chi connectivity index (χ3n) is 5.10. The van der Waals surface area contributed by atoms with Crippen LogP contribution in [0.5, 0.6) is 11.5 Å². The molecule has 8 nitrogen and oxygen atoms in total. The van der Waals surface area contributed by atoms with Crippen molar-refractivity contribution < 1.29 is 29.3 Å². The van der Waals surface area contributed by atoms with Crippen LogP contribution in [-0.2, 0) is 9.59 Å². The molecule has 0 heterocycles. The number of anilines is 2. The van der Waals surface area contributed by atoms with Crippen LogP contribution >= 0.6 is 0 Å². The van der Waals surface area contributed by atoms with Gasteiger partial charge in [-0.05, 0) is 48.5 Å². The number of allylic oxidation sites excluding steroid dienone is 1. The summed E-state index contributed by atoms with van der Waals surface area (Å²) >= 11 is 0. The van der Waals surface area contributed by atoms with Gasteiger partial charge in [-0.2, -0.15) is 0 Å². The number of hydrogen-bond acceptors (Lipinski definition) is 6. The molecule has 158 valence electrons. The van der Waals surface area contributed by atoms with Crippen molar-refractivity contribution in [2.24, 2.45) is 5.92 Å². The molecule has 1 aliphatic carbocycles. The molecule has 1 aliphatic rings. The summed E-state index contributed by atoms with van der Waals surface area (Å²) in [5.74, 6) is -1.51. The Kier molecular flexibility index (Phi) is 6.46. The number of methoxy groups -OCH3 is 2. The molecule has 0 aromatic heterocycles. The molecule has 0 amide bonds. The molecule has 0 saturated carbocycles. The molecule has 4 N–H and O–H groups in total. The highest BCUT2D eigenvalue weighted by Gasteiger charge is 2.37. The second kappa shape index (κ2) is 9.21. The van der Waals surface area contributed by atoms with E-state index in [0.717, 1.165) is 0 Å². The number of nitrogens with one attached hydrogen (secondary N) is 2. The summed E-state index contributed by atoms with van der Waals surface area (Å²) in [6, 6.07) is 13.5. The van der Waals surface area contributed by atoms with Crippen LogP contribution in [-0.4, -0.2) is 42.4 Å². The van der Waals surface area contributed by atoms with Crippen molar-refractivity contribution >= 4 is 23.3 Å². The average molecular weight is 412 g/mol. The van der Waals surface area contributed by atoms with Crippen molar-refractivity contribution in [3.8, 4) is 11.5 Å². The normalized spacial score (nSPS) is 18.5. The summed E-state index contributed by atoms with van der Waals surface area (Å²) in [6.07, 6.45) is 0.133. The van der Waals surface area contributed by atoms with Gasteiger partial charge in [0.1, 0.15) is 11.5 Å². The SMILES string of the molecule is COc1ccc(NC2=C(C(=O)O)CC(Nc3ccc(OC)cc3)C(C(=O)O)C2)cc1. The van der Waals surface area contributed by atoms with E-state index in [1.54, 1.807) is 62.8 Å². The molecular formula is C22H24N2O6. The Hall–Kier alpha value is -3.68. The number of carbonyl (C=O) groups is 2. The Balaban J connectivity index is 1.85. The molecular weight excluding hydrogens is 388 g/mol. The fourth-order valence-corrected chi connectivity index (χ4v) is 3.47. The van der Waals surface area contributed by atoms with Gasteiger partial charge in [-0.3, -0.25) is 4.79 Å². The molecule has 8 heteroatoms. The predicted octanol–water partition coefficient (Wildman–Crippen LogP) is 3.43. The van der Waals surface area contributed by atoms with Crippen LogP contribution in [0.25, 0.3) is 0 Å². The first kappa shape index (κ1) is 21.0. The van der Waals surface area contributed by atoms with Crippen LogP contribution in [0.3, 0.4) is 0 Å². The summed E-state index contributed by atoms with van der Waals surface area (Å²) < 4.78 is 10.3. The molecule has 2 aromatic rings. The molecule has 0 radical (unpaired) electrons. The van der Waals surface area contributed by atoms with Crippen LogP contribution in [0.4, 0.5) is 11.4 Å². The van der Waals surface area contributed by atoms with Gasteiger partial charge in [-0.15, -0.1) is 0 Å². The fourth-order valence-electron chi connectivity index (χ4n) is 3.47. The predicted molar refractivity (Wildman–Crippen MR) is 112 cm³/mol. The maximum atomic E-state index is 11.9. The maximum Gasteiger partial charge on any atom is 0.333 e. The van der Waals surface area contributed by atoms with Crippen LogP contribution in [0.15, 0.2) is 59.8 Å². The Bertz CT molecular complexity index is 937. The number of carboxylic acid groups (broad SMARTS) is 2. The standard InChI is InChI=1S/C22H24N2O6/c1-29-15-7-3-13(4-8-15)23-19-11-18(22(27)28)20(12-17(19)21(25)26)24-14-5-9-16(30-2)10-6-14/h3-10,17,19,23-24H,11-12H2,1-2H3,(H,25,26)(H,27,28). The molecule has 3 rings (SSSR count). The summed E-state index contributed by atoms with van der Waals surface area (Å²) in [7, 11) is 3.12. The molecule has 0 saturated heterocycles. The van der Waals surface area contributed by atoms with Crippen molar-refractivity contribution in [1.82, 2.24) is 0 Å². The lowest BCUT2D eigenvalue weighted by Crippen LogP contribution is -2.40. The van der Waals surface area contributed by atoms with Gasteiger partial charge in [-0.1, -0.05) is 0 Å². The zero-order valence-corrected chi connectivity index (χ0v) is 16.7. The van der Waals surface area contributed by atoms with Crippen molar-refractivity contribution in [1.29, 1.82) is 0 Å². The molecule has 2 atom stereocenters. The smallest absolute Gasteiger partial charge is 0.333 e. The second-order valence-corrected chi connectivity index (χ2v) is 6.95. The number of ether oxygens (including phenoxy) is 2. The molecule has 0 spiro atoms. The Morgan fingerprint density at radius 3 is 1.87 bits per heavy atom. The first-order chi connectivity index (χ1) is 14.4. The van der Waals surface area contributed by atoms with Crippen molar-refractivity contribution in [3.63, 3.8) is 0 Å². The van der Waals surface area contributed by atoms with Gasteiger partial charge < -0.3 is 30.3 Å². The zero-order chi connectivity index (χ0) is 21.7. The molecule has 30 heavy (non-hydrogen) atoms. The van der Waals surface area contributed by atoms with E-state index in [9.17, 15) is 19.8 Å². The summed E-state index contributed by atoms with van der Waals surface area (Å²) in [5, 5.41) is 25.8. The van der Waals surface area contributed by atoms with Crippen LogP contribution in [0.2, 0.25) is 0 Å². The highest BCUT2D eigenvalue weighted by atomic mass is 16.5. The Labute approximate surface area is 174 Å². The van der Waals surface area contributed by atoms with Crippen molar-refractivity contribution in [3.05, 3.63) is 59.8 Å². The van der Waals surface area contributed by atoms with E-state index < -0.39 is 23.9 Å². The minimum absolute atomic E-state index is 0.0663. The highest BCUT2D eigenvalue weighted by Crippen LogP contribution is 2.33. The van der Waals surface area contributed by atoms with E-state index in [4.69, 9.17) is 9.47 Å². The van der Waals surface area contributed by atoms with Gasteiger partial charge >= 0.3 is 11.9 Å². The maximum absolute atomic E-state index is 11.9. The monoisotopic (exact) mass is 412 g/mol. The average Bonchev–Trinajstić information content (AvgIpc) is 2.75. The first-order valence-corrected chi connectivity index (χ1v) is 9.41. The third kappa shape index (κ3) is 4.83. The van der Waals surface area contributed by atoms with Crippen molar-refractivity contribution in [2.45, 2.75) is 18.9 Å². The van der Waals surface area contributed by atoms with E-state index in [2.05, 4.69) is 10.6 Å². The van der Waals surface area contributed by atoms with E-state index in [0.29, 0.717) is 28.6 Å². The summed E-state index contributed by atoms with van der Waals surface area (Å²) in [6.45, 7) is 0. The quantitative estimate of drug-likeness (QED) is 0.521. The van der Waals surface area contributed by atoms with E-state index in [1.807, 2.05) is 0 Å². The highest BCUT2D eigenvalue weighted by molar-refractivity contribution is 5.90. The number of benzene rings is 2. The van der Waals surface area contributed by atoms with Crippen molar-refractivity contribution in [2.75, 3.05) is 24.9 Å². The van der Waals surface area contributed by atoms with Crippen LogP contribution in [0.1, 0.15) is 12.8 Å². The largest absolute Gasteiger partial charge is 0.497 e. The molecule has 2 unspecified atom stereocenters. The lowest BCUT2D eigenvalue weighted by molar-refractivity contribution is -0.143. The lowest BCUT2D eigenvalue weighted by atomic mass is 9.82. The lowest BCUT2D eigenvalue weighted by Gasteiger charge is -2.32. The van der Waals surface area contributed by atoms with E-state index in [-0.39, 0.29) is 18.4 Å². The minimum Gasteiger partial charge on any atom is -0.497 e. The molecule has 2 aromatic carbocycles. The first-order valence-electron chi connectivity index (χ1n) is 9.41. The summed E-state index contributed by atoms with van der Waals surface area (Å²) in [5.41, 5.74) is 1.92. The minimum atomic E-state index is -1.07. The number of aliphatic carboxylic acids is 2. The van der Waals surface area contributed by atoms with Gasteiger partial charge in [0.15, 0.2) is 0 Å². The molecule has 0 bridgehead atoms. The number of carboxylic acids is 2. The topological polar surface area (TPSA) is 117 Å². The van der Waals surface area contributed by atoms with Gasteiger partial charge in [0, 0.05) is 36.0 Å². The van der Waals surface area contributed by atoms with Gasteiger partial charge in [0.25, 0.3) is 0 Å². The van der Waals surface area contributed by atoms with Gasteiger partial charge in [-0.25, -0.2) is 4.79 Å². The Morgan fingerprint density at radius 1 is 0.867 bits per heavy atom. The van der Waals surface area contributed by atoms with Crippen LogP contribution in [0, 0.1) is 5.92 Å². The number of rotatable bonds is 8. The Morgan fingerprint density at radius 2 is 1.40 bits per heavy atom. The van der Waals surface area contributed by atoms with Gasteiger partial charge in [0.05, 0.1) is 25.7 Å². The second-order valence-electron chi connectivity index (χ2n) is 6.95. The van der Waals surface area contributed by atoms with Crippen LogP contribution < -0.4 is 20.1 Å². The number of hydrogen-bond donors (Lipinski definition) is 4. The van der Waals surface area contributed by atoms with Gasteiger partial charge in [0.2, 0.25) is 0 Å². The zero-order valence-electron chi connectivity index (χ0n) is 16.7. The third-order valence-corrected chi connectivity index (χ3v) is 5.10. The molecule has 0 fully saturated rings. The van der Waals surface area contributed by atoms with E-state index >= 15 is 0 Å². The summed E-state index contributed by atoms with van der Waals surface area (Å²) in [4.78, 5) is 23.8. The van der Waals surface area contributed by atoms with E-state index in [1.165, 1.54) is 0 Å².